The number of phenols is 1. The third kappa shape index (κ3) is 15.8. The van der Waals surface area contributed by atoms with Crippen LogP contribution in [0.2, 0.25) is 0 Å². The zero-order valence-corrected chi connectivity index (χ0v) is 28.9. The van der Waals surface area contributed by atoms with Crippen molar-refractivity contribution in [2.24, 2.45) is 23.5 Å². The summed E-state index contributed by atoms with van der Waals surface area (Å²) >= 11 is 0. The van der Waals surface area contributed by atoms with Gasteiger partial charge in [0.15, 0.2) is 0 Å². The molecule has 0 heterocycles. The molecule has 0 fully saturated rings. The summed E-state index contributed by atoms with van der Waals surface area (Å²) in [5.74, 6) is -7.97. The van der Waals surface area contributed by atoms with E-state index in [2.05, 4.69) is 26.6 Å². The molecule has 0 unspecified atom stereocenters. The molecule has 0 spiro atoms. The summed E-state index contributed by atoms with van der Waals surface area (Å²) < 4.78 is 0. The molecule has 0 saturated heterocycles. The summed E-state index contributed by atoms with van der Waals surface area (Å²) in [5.41, 5.74) is 6.33. The number of amides is 5. The van der Waals surface area contributed by atoms with Crippen LogP contribution in [0.25, 0.3) is 0 Å². The molecule has 274 valence electrons. The number of nitrogens with two attached hydrogens (primary N) is 1. The molecule has 1 aromatic rings. The molecule has 0 aliphatic heterocycles. The number of rotatable bonds is 22. The Balaban J connectivity index is 3.04. The van der Waals surface area contributed by atoms with E-state index in [-0.39, 0.29) is 24.0 Å². The number of phenolic OH excluding ortho intramolecular Hbond substituents is 1. The van der Waals surface area contributed by atoms with E-state index in [4.69, 9.17) is 5.73 Å². The lowest BCUT2D eigenvalue weighted by atomic mass is 9.99. The third-order valence-corrected chi connectivity index (χ3v) is 7.51. The van der Waals surface area contributed by atoms with Crippen molar-refractivity contribution in [1.82, 2.24) is 26.6 Å². The van der Waals surface area contributed by atoms with E-state index in [0.717, 1.165) is 5.56 Å². The fraction of sp³-hybridized carbons (Fsp3) is 0.606. The number of aromatic hydroxyl groups is 1. The van der Waals surface area contributed by atoms with Gasteiger partial charge in [0.1, 0.15) is 29.9 Å². The lowest BCUT2D eigenvalue weighted by Gasteiger charge is -2.29. The van der Waals surface area contributed by atoms with E-state index in [1.807, 2.05) is 26.0 Å². The van der Waals surface area contributed by atoms with Crippen molar-refractivity contribution in [3.8, 4) is 5.75 Å². The van der Waals surface area contributed by atoms with E-state index in [9.17, 15) is 48.9 Å². The number of carboxylic acid groups (broad SMARTS) is 2. The van der Waals surface area contributed by atoms with Gasteiger partial charge in [0.25, 0.3) is 0 Å². The second-order valence-corrected chi connectivity index (χ2v) is 13.1. The molecule has 16 nitrogen and oxygen atoms in total. The quantitative estimate of drug-likeness (QED) is 0.0731. The van der Waals surface area contributed by atoms with Crippen molar-refractivity contribution >= 4 is 41.5 Å². The van der Waals surface area contributed by atoms with Crippen molar-refractivity contribution in [2.75, 3.05) is 6.54 Å². The van der Waals surface area contributed by atoms with Gasteiger partial charge in [0.2, 0.25) is 29.5 Å². The fourth-order valence-electron chi connectivity index (χ4n) is 4.92. The monoisotopic (exact) mass is 692 g/mol. The minimum Gasteiger partial charge on any atom is -0.508 e. The molecule has 1 aromatic carbocycles. The molecule has 1 rings (SSSR count). The van der Waals surface area contributed by atoms with Crippen molar-refractivity contribution in [3.05, 3.63) is 29.8 Å². The van der Waals surface area contributed by atoms with Gasteiger partial charge in [-0.05, 0) is 61.3 Å². The lowest BCUT2D eigenvalue weighted by molar-refractivity contribution is -0.144. The van der Waals surface area contributed by atoms with E-state index in [0.29, 0.717) is 19.4 Å². The van der Waals surface area contributed by atoms with Crippen LogP contribution >= 0.6 is 0 Å². The maximum Gasteiger partial charge on any atom is 0.326 e. The smallest absolute Gasteiger partial charge is 0.326 e. The molecular weight excluding hydrogens is 640 g/mol. The van der Waals surface area contributed by atoms with Gasteiger partial charge in [-0.3, -0.25) is 28.8 Å². The summed E-state index contributed by atoms with van der Waals surface area (Å²) in [7, 11) is 0. The van der Waals surface area contributed by atoms with Crippen molar-refractivity contribution < 1.29 is 48.9 Å². The second kappa shape index (κ2) is 20.6. The maximum atomic E-state index is 13.4. The molecule has 10 N–H and O–H groups in total. The number of carboxylic acids is 2. The largest absolute Gasteiger partial charge is 0.508 e. The SMILES string of the molecule is CC(C)C[C@H](NC(=O)[C@H](CC(=O)O)NC(=O)[C@H](CC(N)=O)NC(=O)[C@@H](NC(=O)[C@@H](NCCCc1ccc(O)cc1)C(C)C)C(C)C)C(=O)O. The number of aryl methyl sites for hydroxylation is 1. The van der Waals surface area contributed by atoms with Crippen molar-refractivity contribution in [3.63, 3.8) is 0 Å². The van der Waals surface area contributed by atoms with Crippen LogP contribution in [0.3, 0.4) is 0 Å². The lowest BCUT2D eigenvalue weighted by Crippen LogP contribution is -2.60. The predicted octanol–water partition coefficient (Wildman–Crippen LogP) is 0.0150. The van der Waals surface area contributed by atoms with Crippen LogP contribution in [0.5, 0.6) is 5.75 Å². The molecule has 0 bridgehead atoms. The van der Waals surface area contributed by atoms with Crippen LogP contribution in [0.1, 0.15) is 72.8 Å². The van der Waals surface area contributed by atoms with Gasteiger partial charge in [-0.15, -0.1) is 0 Å². The standard InChI is InChI=1S/C33H52N6O10/c1-17(2)14-24(33(48)49)38-30(45)23(16-26(42)43)36-29(44)22(15-25(34)41)37-32(47)28(19(5)6)39-31(46)27(18(3)4)35-13-7-8-20-9-11-21(40)12-10-20/h9-12,17-19,22-24,27-28,35,40H,7-8,13-16H2,1-6H3,(H2,34,41)(H,36,44)(H,37,47)(H,38,45)(H,39,46)(H,42,43)(H,48,49)/t22-,23-,24-,27-,28-/m0/s1. The first-order valence-corrected chi connectivity index (χ1v) is 16.3. The van der Waals surface area contributed by atoms with Crippen molar-refractivity contribution in [1.29, 1.82) is 0 Å². The molecule has 0 saturated carbocycles. The van der Waals surface area contributed by atoms with Crippen molar-refractivity contribution in [2.45, 2.75) is 104 Å². The summed E-state index contributed by atoms with van der Waals surface area (Å²) in [6.07, 6.45) is -0.224. The summed E-state index contributed by atoms with van der Waals surface area (Å²) in [6, 6.07) is 0.195. The van der Waals surface area contributed by atoms with Gasteiger partial charge >= 0.3 is 11.9 Å². The number of hydrogen-bond donors (Lipinski definition) is 9. The summed E-state index contributed by atoms with van der Waals surface area (Å²) in [6.45, 7) is 10.9. The van der Waals surface area contributed by atoms with E-state index in [1.54, 1.807) is 39.8 Å². The van der Waals surface area contributed by atoms with Gasteiger partial charge in [0, 0.05) is 0 Å². The average Bonchev–Trinajstić information content (AvgIpc) is 2.98. The first-order valence-electron chi connectivity index (χ1n) is 16.3. The van der Waals surface area contributed by atoms with Gasteiger partial charge in [-0.25, -0.2) is 4.79 Å². The molecular formula is C33H52N6O10. The maximum absolute atomic E-state index is 13.4. The number of carbonyl (C=O) groups is 7. The zero-order chi connectivity index (χ0) is 37.4. The first kappa shape index (κ1) is 42.3. The second-order valence-electron chi connectivity index (χ2n) is 13.1. The summed E-state index contributed by atoms with van der Waals surface area (Å²) in [5, 5.41) is 41.0. The number of nitrogens with one attached hydrogen (secondary N) is 5. The van der Waals surface area contributed by atoms with Gasteiger partial charge in [-0.2, -0.15) is 0 Å². The third-order valence-electron chi connectivity index (χ3n) is 7.51. The number of hydrogen-bond acceptors (Lipinski definition) is 9. The van der Waals surface area contributed by atoms with Crippen LogP contribution in [-0.4, -0.2) is 93.5 Å². The number of primary amides is 1. The average molecular weight is 693 g/mol. The van der Waals surface area contributed by atoms with E-state index in [1.165, 1.54) is 0 Å². The van der Waals surface area contributed by atoms with E-state index < -0.39 is 90.4 Å². The Bertz CT molecular complexity index is 1300. The normalized spacial score (nSPS) is 14.3. The highest BCUT2D eigenvalue weighted by Crippen LogP contribution is 2.12. The minimum atomic E-state index is -1.75. The Morgan fingerprint density at radius 3 is 1.63 bits per heavy atom. The number of aliphatic carboxylic acids is 2. The molecule has 0 aliphatic carbocycles. The Hall–Kier alpha value is -4.73. The number of carbonyl (C=O) groups excluding carboxylic acids is 5. The molecule has 0 aromatic heterocycles. The highest BCUT2D eigenvalue weighted by Gasteiger charge is 2.35. The fourth-order valence-corrected chi connectivity index (χ4v) is 4.92. The number of benzene rings is 1. The topological polar surface area (TPSA) is 266 Å². The van der Waals surface area contributed by atoms with Crippen LogP contribution in [0.15, 0.2) is 24.3 Å². The molecule has 49 heavy (non-hydrogen) atoms. The Kier molecular flexibility index (Phi) is 17.8. The van der Waals surface area contributed by atoms with Gasteiger partial charge in [0.05, 0.1) is 18.9 Å². The predicted molar refractivity (Wildman–Crippen MR) is 179 cm³/mol. The Morgan fingerprint density at radius 1 is 0.673 bits per heavy atom. The van der Waals surface area contributed by atoms with Gasteiger partial charge < -0.3 is 47.6 Å². The Morgan fingerprint density at radius 2 is 1.16 bits per heavy atom. The first-order chi connectivity index (χ1) is 22.8. The highest BCUT2D eigenvalue weighted by molar-refractivity contribution is 5.98. The van der Waals surface area contributed by atoms with Crippen LogP contribution < -0.4 is 32.3 Å². The van der Waals surface area contributed by atoms with Gasteiger partial charge in [-0.1, -0.05) is 53.7 Å². The van der Waals surface area contributed by atoms with Crippen LogP contribution in [0, 0.1) is 17.8 Å². The molecule has 0 radical (unpaired) electrons. The molecule has 0 aliphatic rings. The highest BCUT2D eigenvalue weighted by atomic mass is 16.4. The van der Waals surface area contributed by atoms with Crippen LogP contribution in [0.4, 0.5) is 0 Å². The van der Waals surface area contributed by atoms with Crippen LogP contribution in [-0.2, 0) is 40.0 Å². The summed E-state index contributed by atoms with van der Waals surface area (Å²) in [4.78, 5) is 87.9. The molecule has 5 atom stereocenters. The Labute approximate surface area is 286 Å². The molecule has 16 heteroatoms. The minimum absolute atomic E-state index is 0.0322. The zero-order valence-electron chi connectivity index (χ0n) is 28.9. The van der Waals surface area contributed by atoms with E-state index >= 15 is 0 Å². The molecule has 5 amide bonds.